The molecule has 11 nitrogen and oxygen atoms in total. The van der Waals surface area contributed by atoms with Crippen LogP contribution in [-0.4, -0.2) is 32.3 Å². The zero-order valence-corrected chi connectivity index (χ0v) is 15.9. The van der Waals surface area contributed by atoms with Gasteiger partial charge in [0, 0.05) is 30.1 Å². The van der Waals surface area contributed by atoms with Crippen molar-refractivity contribution in [3.8, 4) is 5.75 Å². The van der Waals surface area contributed by atoms with Crippen LogP contribution in [0.2, 0.25) is 0 Å². The van der Waals surface area contributed by atoms with Crippen LogP contribution in [-0.2, 0) is 10.9 Å². The summed E-state index contributed by atoms with van der Waals surface area (Å²) >= 11 is 0. The Kier molecular flexibility index (Phi) is 8.01. The second-order valence-corrected chi connectivity index (χ2v) is 7.69. The molecule has 0 atom stereocenters. The van der Waals surface area contributed by atoms with E-state index in [1.165, 1.54) is 4.91 Å². The fourth-order valence-corrected chi connectivity index (χ4v) is 2.10. The number of aromatic nitrogens is 1. The lowest BCUT2D eigenvalue weighted by Crippen LogP contribution is -2.04. The number of nitrogens with zero attached hydrogens (tertiary/aromatic N) is 4. The van der Waals surface area contributed by atoms with E-state index < -0.39 is 37.6 Å². The van der Waals surface area contributed by atoms with Gasteiger partial charge in [-0.15, -0.1) is 0 Å². The van der Waals surface area contributed by atoms with Crippen LogP contribution in [0.5, 0.6) is 5.75 Å². The minimum atomic E-state index is -1.46. The monoisotopic (exact) mass is 408 g/mol. The van der Waals surface area contributed by atoms with E-state index >= 15 is 0 Å². The summed E-state index contributed by atoms with van der Waals surface area (Å²) in [4.78, 5) is 33.1. The maximum absolute atomic E-state index is 11.1. The fraction of sp³-hybridized carbons (Fsp3) is 0.188. The van der Waals surface area contributed by atoms with Gasteiger partial charge < -0.3 is 5.11 Å². The number of hydrogen-bond acceptors (Lipinski definition) is 8. The lowest BCUT2D eigenvalue weighted by Gasteiger charge is -2.06. The minimum Gasteiger partial charge on any atom is -0.863 e. The molecule has 28 heavy (non-hydrogen) atoms. The molecule has 0 spiro atoms. The molecule has 2 rings (SSSR count). The van der Waals surface area contributed by atoms with Gasteiger partial charge in [0.1, 0.15) is 17.4 Å². The zero-order chi connectivity index (χ0) is 21.4. The van der Waals surface area contributed by atoms with Gasteiger partial charge in [-0.3, -0.25) is 35.3 Å². The first-order valence-corrected chi connectivity index (χ1v) is 9.53. The Hall–Kier alpha value is -3.54. The van der Waals surface area contributed by atoms with Crippen molar-refractivity contribution in [1.82, 2.24) is 4.98 Å². The smallest absolute Gasteiger partial charge is 0.283 e. The number of benzene rings is 1. The normalized spacial score (nSPS) is 10.8. The van der Waals surface area contributed by atoms with Gasteiger partial charge in [-0.1, -0.05) is 6.07 Å². The number of nitro benzene ring substituents is 3. The highest BCUT2D eigenvalue weighted by molar-refractivity contribution is 7.99. The Morgan fingerprint density at radius 1 is 1.00 bits per heavy atom. The molecule has 0 aliphatic heterocycles. The molecule has 1 aromatic heterocycles. The second-order valence-electron chi connectivity index (χ2n) is 5.41. The van der Waals surface area contributed by atoms with Gasteiger partial charge in [0.2, 0.25) is 0 Å². The van der Waals surface area contributed by atoms with Crippen molar-refractivity contribution >= 4 is 34.0 Å². The number of rotatable bonds is 5. The van der Waals surface area contributed by atoms with Crippen LogP contribution in [0.25, 0.3) is 6.08 Å². The van der Waals surface area contributed by atoms with E-state index in [-0.39, 0.29) is 0 Å². The van der Waals surface area contributed by atoms with Crippen LogP contribution >= 0.6 is 0 Å². The van der Waals surface area contributed by atoms with E-state index in [0.717, 1.165) is 5.69 Å². The summed E-state index contributed by atoms with van der Waals surface area (Å²) in [6.07, 6.45) is 8.40. The van der Waals surface area contributed by atoms with Gasteiger partial charge >= 0.3 is 0 Å². The Morgan fingerprint density at radius 3 is 1.89 bits per heavy atom. The lowest BCUT2D eigenvalue weighted by molar-refractivity contribution is -0.420. The summed E-state index contributed by atoms with van der Waals surface area (Å²) in [7, 11) is 0.360. The van der Waals surface area contributed by atoms with E-state index in [2.05, 4.69) is 30.5 Å². The van der Waals surface area contributed by atoms with Crippen molar-refractivity contribution in [3.63, 3.8) is 0 Å². The molecule has 0 amide bonds. The molecule has 0 saturated carbocycles. The summed E-state index contributed by atoms with van der Waals surface area (Å²) in [6, 6.07) is 6.74. The molecule has 0 saturated heterocycles. The van der Waals surface area contributed by atoms with Gasteiger partial charge in [0.25, 0.3) is 17.1 Å². The van der Waals surface area contributed by atoms with E-state index in [0.29, 0.717) is 23.0 Å². The Bertz CT molecular complexity index is 881. The first kappa shape index (κ1) is 22.5. The maximum Gasteiger partial charge on any atom is 0.283 e. The highest BCUT2D eigenvalue weighted by atomic mass is 32.2. The molecule has 0 fully saturated rings. The maximum atomic E-state index is 11.1. The third kappa shape index (κ3) is 6.32. The van der Waals surface area contributed by atoms with Gasteiger partial charge in [0.05, 0.1) is 38.3 Å². The molecule has 12 heteroatoms. The Balaban J connectivity index is 0.000000292. The van der Waals surface area contributed by atoms with Crippen LogP contribution in [0, 0.1) is 30.3 Å². The average Bonchev–Trinajstić information content (AvgIpc) is 2.62. The van der Waals surface area contributed by atoms with E-state index in [1.807, 2.05) is 24.4 Å². The molecule has 1 aromatic carbocycles. The highest BCUT2D eigenvalue weighted by Gasteiger charge is 2.24. The molecule has 0 N–H and O–H groups in total. The molecule has 0 unspecified atom stereocenters. The second kappa shape index (κ2) is 9.97. The van der Waals surface area contributed by atoms with Gasteiger partial charge in [-0.2, -0.15) is 0 Å². The first-order chi connectivity index (χ1) is 13.0. The topological polar surface area (TPSA) is 165 Å². The zero-order valence-electron chi connectivity index (χ0n) is 15.1. The largest absolute Gasteiger partial charge is 0.863 e. The minimum absolute atomic E-state index is 0.360. The van der Waals surface area contributed by atoms with Crippen LogP contribution in [0.15, 0.2) is 41.4 Å². The summed E-state index contributed by atoms with van der Waals surface area (Å²) in [6.45, 7) is 2.15. The van der Waals surface area contributed by atoms with Crippen LogP contribution in [0.4, 0.5) is 17.1 Å². The Morgan fingerprint density at radius 2 is 1.54 bits per heavy atom. The molecule has 1 heterocycles. The highest BCUT2D eigenvalue weighted by Crippen LogP contribution is 2.36. The van der Waals surface area contributed by atoms with Crippen LogP contribution in [0.3, 0.4) is 0 Å². The molecule has 0 aliphatic rings. The van der Waals surface area contributed by atoms with Crippen molar-refractivity contribution in [1.29, 1.82) is 0 Å². The molecular formula is C16H16N4O7S. The third-order valence-electron chi connectivity index (χ3n) is 3.32. The number of nitro groups is 3. The first-order valence-electron chi connectivity index (χ1n) is 7.49. The third-order valence-corrected chi connectivity index (χ3v) is 4.73. The van der Waals surface area contributed by atoms with E-state index in [1.54, 1.807) is 0 Å². The van der Waals surface area contributed by atoms with Crippen molar-refractivity contribution in [2.75, 3.05) is 12.5 Å². The molecule has 0 aliphatic carbocycles. The van der Waals surface area contributed by atoms with Gasteiger partial charge in [0.15, 0.2) is 0 Å². The summed E-state index contributed by atoms with van der Waals surface area (Å²) in [5.41, 5.74) is -2.21. The SMILES string of the molecule is C/C(=C\c1ccccn1)[S+](C)C.O=[N+]([O-])c1cc([N+](=O)[O-])c([O-])c([N+](=O)[O-])c1. The Labute approximate surface area is 162 Å². The molecule has 0 bridgehead atoms. The van der Waals surface area contributed by atoms with Crippen molar-refractivity contribution in [2.24, 2.45) is 0 Å². The van der Waals surface area contributed by atoms with Gasteiger partial charge in [-0.05, 0) is 12.1 Å². The summed E-state index contributed by atoms with van der Waals surface area (Å²) < 4.78 is 0. The molecular weight excluding hydrogens is 392 g/mol. The van der Waals surface area contributed by atoms with Gasteiger partial charge in [-0.25, -0.2) is 0 Å². The van der Waals surface area contributed by atoms with Crippen LogP contribution in [0.1, 0.15) is 12.6 Å². The van der Waals surface area contributed by atoms with E-state index in [4.69, 9.17) is 0 Å². The van der Waals surface area contributed by atoms with Crippen molar-refractivity contribution in [2.45, 2.75) is 6.92 Å². The fourth-order valence-electron chi connectivity index (χ4n) is 1.75. The summed E-state index contributed by atoms with van der Waals surface area (Å²) in [5, 5.41) is 42.1. The number of allylic oxidation sites excluding steroid dienone is 1. The predicted molar refractivity (Wildman–Crippen MR) is 103 cm³/mol. The molecule has 148 valence electrons. The molecule has 0 radical (unpaired) electrons. The summed E-state index contributed by atoms with van der Waals surface area (Å²) in [5.74, 6) is -1.46. The lowest BCUT2D eigenvalue weighted by atomic mass is 10.2. The van der Waals surface area contributed by atoms with E-state index in [9.17, 15) is 35.4 Å². The van der Waals surface area contributed by atoms with Crippen molar-refractivity contribution < 1.29 is 19.9 Å². The number of non-ortho nitro benzene ring substituents is 1. The quantitative estimate of drug-likeness (QED) is 0.413. The standard InChI is InChI=1S/C10H14NS.C6H3N3O7/c1-9(12(2)3)8-10-6-4-5-7-11-10;10-6-4(8(13)14)1-3(7(11)12)2-5(6)9(15)16/h4-8H,1-3H3;1-2,10H/q+1;/p-1/b9-8+;. The molecule has 2 aromatic rings. The van der Waals surface area contributed by atoms with Crippen LogP contribution < -0.4 is 5.11 Å². The average molecular weight is 408 g/mol. The number of pyridine rings is 1. The van der Waals surface area contributed by atoms with Crippen molar-refractivity contribution in [3.05, 3.63) is 77.5 Å². The predicted octanol–water partition coefficient (Wildman–Crippen LogP) is 2.81. The number of hydrogen-bond donors (Lipinski definition) is 0.